The van der Waals surface area contributed by atoms with Gasteiger partial charge in [0.1, 0.15) is 6.61 Å². The number of aliphatic carboxylic acids is 1. The molecule has 1 aromatic carbocycles. The standard InChI is InChI=1S/C20H18ClF2NO3S/c1-11-15(20(24-28-11)13-2-6-14(21)7-3-13)10-27-16-8-4-12(5-9-17(25)26)18(22)19(16)23/h2,4,6,8H,3,5,7,9-10H2,1H3,(H,25,26). The van der Waals surface area contributed by atoms with E-state index in [9.17, 15) is 13.6 Å². The molecule has 1 heterocycles. The number of ether oxygens (including phenoxy) is 1. The van der Waals surface area contributed by atoms with Crippen LogP contribution in [0.15, 0.2) is 29.3 Å². The van der Waals surface area contributed by atoms with Gasteiger partial charge in [0, 0.05) is 21.9 Å². The Labute approximate surface area is 170 Å². The molecule has 1 aliphatic carbocycles. The second kappa shape index (κ2) is 8.84. The minimum absolute atomic E-state index is 0.0114. The maximum atomic E-state index is 14.3. The lowest BCUT2D eigenvalue weighted by molar-refractivity contribution is -0.136. The van der Waals surface area contributed by atoms with Crippen molar-refractivity contribution in [2.24, 2.45) is 0 Å². The van der Waals surface area contributed by atoms with E-state index in [1.807, 2.05) is 19.1 Å². The molecule has 148 valence electrons. The Kier molecular flexibility index (Phi) is 6.46. The molecule has 2 aromatic rings. The zero-order valence-electron chi connectivity index (χ0n) is 15.1. The van der Waals surface area contributed by atoms with Crippen molar-refractivity contribution in [3.63, 3.8) is 0 Å². The smallest absolute Gasteiger partial charge is 0.303 e. The molecule has 0 bridgehead atoms. The molecule has 1 aliphatic rings. The minimum Gasteiger partial charge on any atom is -0.486 e. The molecule has 0 radical (unpaired) electrons. The van der Waals surface area contributed by atoms with Crippen molar-refractivity contribution in [2.75, 3.05) is 0 Å². The second-order valence-corrected chi connectivity index (χ2v) is 7.87. The van der Waals surface area contributed by atoms with Gasteiger partial charge in [0.05, 0.1) is 5.69 Å². The molecule has 3 rings (SSSR count). The summed E-state index contributed by atoms with van der Waals surface area (Å²) in [4.78, 5) is 11.6. The summed E-state index contributed by atoms with van der Waals surface area (Å²) in [5.41, 5.74) is 2.67. The lowest BCUT2D eigenvalue weighted by atomic mass is 9.99. The summed E-state index contributed by atoms with van der Waals surface area (Å²) in [5.74, 6) is -3.47. The van der Waals surface area contributed by atoms with Gasteiger partial charge in [0.25, 0.3) is 0 Å². The zero-order chi connectivity index (χ0) is 20.3. The van der Waals surface area contributed by atoms with Crippen molar-refractivity contribution < 1.29 is 23.4 Å². The van der Waals surface area contributed by atoms with Gasteiger partial charge >= 0.3 is 5.97 Å². The van der Waals surface area contributed by atoms with Gasteiger partial charge in [-0.15, -0.1) is 0 Å². The first kappa shape index (κ1) is 20.5. The first-order chi connectivity index (χ1) is 13.4. The predicted octanol–water partition coefficient (Wildman–Crippen LogP) is 5.63. The number of aromatic nitrogens is 1. The first-order valence-corrected chi connectivity index (χ1v) is 9.84. The molecular weight excluding hydrogens is 408 g/mol. The van der Waals surface area contributed by atoms with E-state index >= 15 is 0 Å². The fraction of sp³-hybridized carbons (Fsp3) is 0.300. The summed E-state index contributed by atoms with van der Waals surface area (Å²) in [6.45, 7) is 1.95. The van der Waals surface area contributed by atoms with Crippen LogP contribution in [-0.2, 0) is 17.8 Å². The van der Waals surface area contributed by atoms with Crippen LogP contribution in [-0.4, -0.2) is 15.4 Å². The van der Waals surface area contributed by atoms with Gasteiger partial charge < -0.3 is 9.84 Å². The van der Waals surface area contributed by atoms with Gasteiger partial charge in [0.15, 0.2) is 11.6 Å². The number of benzene rings is 1. The van der Waals surface area contributed by atoms with E-state index < -0.39 is 17.6 Å². The summed E-state index contributed by atoms with van der Waals surface area (Å²) >= 11 is 7.34. The van der Waals surface area contributed by atoms with Gasteiger partial charge in [0.2, 0.25) is 5.82 Å². The Balaban J connectivity index is 1.77. The molecule has 0 saturated carbocycles. The molecule has 0 aliphatic heterocycles. The van der Waals surface area contributed by atoms with E-state index in [2.05, 4.69) is 4.37 Å². The third-order valence-electron chi connectivity index (χ3n) is 4.49. The third-order valence-corrected chi connectivity index (χ3v) is 5.60. The van der Waals surface area contributed by atoms with Crippen LogP contribution in [0.25, 0.3) is 5.57 Å². The molecule has 0 fully saturated rings. The van der Waals surface area contributed by atoms with Gasteiger partial charge in [-0.25, -0.2) is 4.39 Å². The molecule has 0 atom stereocenters. The highest BCUT2D eigenvalue weighted by atomic mass is 35.5. The van der Waals surface area contributed by atoms with Crippen molar-refractivity contribution in [2.45, 2.75) is 39.2 Å². The van der Waals surface area contributed by atoms with Crippen molar-refractivity contribution in [1.29, 1.82) is 0 Å². The van der Waals surface area contributed by atoms with Gasteiger partial charge in [-0.05, 0) is 61.0 Å². The second-order valence-electron chi connectivity index (χ2n) is 6.40. The topological polar surface area (TPSA) is 59.4 Å². The van der Waals surface area contributed by atoms with Crippen molar-refractivity contribution in [3.8, 4) is 5.75 Å². The first-order valence-electron chi connectivity index (χ1n) is 8.69. The van der Waals surface area contributed by atoms with Crippen LogP contribution >= 0.6 is 23.1 Å². The Morgan fingerprint density at radius 2 is 2.07 bits per heavy atom. The molecule has 0 saturated heterocycles. The van der Waals surface area contributed by atoms with E-state index in [1.165, 1.54) is 23.7 Å². The summed E-state index contributed by atoms with van der Waals surface area (Å²) < 4.78 is 38.5. The Morgan fingerprint density at radius 3 is 2.75 bits per heavy atom. The number of carbonyl (C=O) groups is 1. The number of nitrogens with zero attached hydrogens (tertiary/aromatic N) is 1. The van der Waals surface area contributed by atoms with Crippen molar-refractivity contribution in [1.82, 2.24) is 4.37 Å². The molecule has 0 amide bonds. The number of allylic oxidation sites excluding steroid dienone is 4. The maximum absolute atomic E-state index is 14.3. The summed E-state index contributed by atoms with van der Waals surface area (Å²) in [5, 5.41) is 9.48. The quantitative estimate of drug-likeness (QED) is 0.624. The molecular formula is C20H18ClF2NO3S. The Hall–Kier alpha value is -2.25. The summed E-state index contributed by atoms with van der Waals surface area (Å²) in [6.07, 6.45) is 4.90. The number of halogens is 3. The van der Waals surface area contributed by atoms with E-state index in [0.717, 1.165) is 39.6 Å². The molecule has 8 heteroatoms. The lowest BCUT2D eigenvalue weighted by Gasteiger charge is -2.13. The van der Waals surface area contributed by atoms with Crippen LogP contribution in [0.5, 0.6) is 5.75 Å². The highest BCUT2D eigenvalue weighted by molar-refractivity contribution is 7.06. The largest absolute Gasteiger partial charge is 0.486 e. The molecule has 0 unspecified atom stereocenters. The number of carboxylic acid groups (broad SMARTS) is 1. The fourth-order valence-corrected chi connectivity index (χ4v) is 3.77. The summed E-state index contributed by atoms with van der Waals surface area (Å²) in [6, 6.07) is 2.68. The maximum Gasteiger partial charge on any atom is 0.303 e. The van der Waals surface area contributed by atoms with Crippen LogP contribution < -0.4 is 4.74 Å². The number of carboxylic acids is 1. The van der Waals surface area contributed by atoms with E-state index in [0.29, 0.717) is 0 Å². The van der Waals surface area contributed by atoms with Crippen LogP contribution in [0.3, 0.4) is 0 Å². The van der Waals surface area contributed by atoms with Crippen molar-refractivity contribution in [3.05, 3.63) is 62.6 Å². The van der Waals surface area contributed by atoms with Crippen LogP contribution in [0.1, 0.15) is 41.0 Å². The molecule has 4 nitrogen and oxygen atoms in total. The van der Waals surface area contributed by atoms with Crippen LogP contribution in [0.4, 0.5) is 8.78 Å². The fourth-order valence-electron chi connectivity index (χ4n) is 2.89. The Morgan fingerprint density at radius 1 is 1.29 bits per heavy atom. The van der Waals surface area contributed by atoms with E-state index in [1.54, 1.807) is 0 Å². The van der Waals surface area contributed by atoms with Crippen LogP contribution in [0, 0.1) is 18.6 Å². The highest BCUT2D eigenvalue weighted by Crippen LogP contribution is 2.33. The molecule has 1 aromatic heterocycles. The van der Waals surface area contributed by atoms with Gasteiger partial charge in [-0.3, -0.25) is 4.79 Å². The molecule has 0 spiro atoms. The molecule has 28 heavy (non-hydrogen) atoms. The third kappa shape index (κ3) is 4.59. The number of aryl methyl sites for hydroxylation is 2. The Bertz CT molecular complexity index is 969. The van der Waals surface area contributed by atoms with E-state index in [4.69, 9.17) is 21.4 Å². The van der Waals surface area contributed by atoms with Crippen molar-refractivity contribution >= 4 is 34.7 Å². The molecule has 1 N–H and O–H groups in total. The highest BCUT2D eigenvalue weighted by Gasteiger charge is 2.19. The normalized spacial score (nSPS) is 13.9. The van der Waals surface area contributed by atoms with E-state index in [-0.39, 0.29) is 30.8 Å². The number of rotatable bonds is 7. The van der Waals surface area contributed by atoms with Crippen LogP contribution in [0.2, 0.25) is 0 Å². The lowest BCUT2D eigenvalue weighted by Crippen LogP contribution is -2.05. The minimum atomic E-state index is -1.11. The predicted molar refractivity (Wildman–Crippen MR) is 105 cm³/mol. The average Bonchev–Trinajstić information content (AvgIpc) is 3.03. The monoisotopic (exact) mass is 425 g/mol. The summed E-state index contributed by atoms with van der Waals surface area (Å²) in [7, 11) is 0. The average molecular weight is 426 g/mol. The van der Waals surface area contributed by atoms with Gasteiger partial charge in [-0.1, -0.05) is 23.7 Å². The number of hydrogen-bond acceptors (Lipinski definition) is 4. The van der Waals surface area contributed by atoms with Gasteiger partial charge in [-0.2, -0.15) is 8.76 Å². The number of hydrogen-bond donors (Lipinski definition) is 1. The SMILES string of the molecule is Cc1snc(C2=CC=C(Cl)CC2)c1COc1ccc(CCC(=O)O)c(F)c1F. The zero-order valence-corrected chi connectivity index (χ0v) is 16.7.